The molecule has 0 unspecified atom stereocenters. The topological polar surface area (TPSA) is 118 Å². The van der Waals surface area contributed by atoms with Gasteiger partial charge in [0.2, 0.25) is 6.39 Å². The second-order valence-electron chi connectivity index (χ2n) is 3.58. The van der Waals surface area contributed by atoms with Crippen LogP contribution in [0.2, 0.25) is 0 Å². The highest BCUT2D eigenvalue weighted by Gasteiger charge is 2.38. The van der Waals surface area contributed by atoms with Crippen molar-refractivity contribution in [1.29, 1.82) is 0 Å². The average Bonchev–Trinajstić information content (AvgIpc) is 3.01. The highest BCUT2D eigenvalue weighted by molar-refractivity contribution is 5.89. The number of aromatic nitrogens is 3. The van der Waals surface area contributed by atoms with Gasteiger partial charge in [0.05, 0.1) is 11.3 Å². The minimum Gasteiger partial charge on any atom is -0.476 e. The number of rotatable bonds is 3. The van der Waals surface area contributed by atoms with Crippen molar-refractivity contribution in [1.82, 2.24) is 15.2 Å². The fourth-order valence-electron chi connectivity index (χ4n) is 1.52. The van der Waals surface area contributed by atoms with E-state index in [2.05, 4.69) is 20.5 Å². The van der Waals surface area contributed by atoms with Gasteiger partial charge in [0.15, 0.2) is 11.4 Å². The van der Waals surface area contributed by atoms with Crippen LogP contribution in [0, 0.1) is 0 Å². The summed E-state index contributed by atoms with van der Waals surface area (Å²) in [4.78, 5) is 22.4. The van der Waals surface area contributed by atoms with Gasteiger partial charge in [-0.2, -0.15) is 13.2 Å². The van der Waals surface area contributed by atoms with Crippen LogP contribution in [-0.2, 0) is 11.0 Å². The molecule has 0 bridgehead atoms. The number of halogens is 3. The molecular formula is C11H9F3N4O4. The molecular weight excluding hydrogens is 309 g/mol. The molecule has 0 saturated heterocycles. The number of carboxylic acids is 1. The second kappa shape index (κ2) is 6.65. The Labute approximate surface area is 121 Å². The number of carbonyl (C=O) groups is 2. The van der Waals surface area contributed by atoms with Crippen molar-refractivity contribution in [2.45, 2.75) is 6.18 Å². The van der Waals surface area contributed by atoms with Gasteiger partial charge in [0, 0.05) is 7.05 Å². The Morgan fingerprint density at radius 2 is 2.05 bits per heavy atom. The molecule has 0 fully saturated rings. The lowest BCUT2D eigenvalue weighted by Crippen LogP contribution is -2.16. The SMILES string of the molecule is C=O.CNc1cc(C(F)(F)F)c(C(=O)O)nc1-c1nnco1. The molecule has 0 aromatic carbocycles. The van der Waals surface area contributed by atoms with E-state index in [4.69, 9.17) is 14.3 Å². The molecule has 2 aromatic rings. The number of carboxylic acid groups (broad SMARTS) is 1. The van der Waals surface area contributed by atoms with Crippen LogP contribution in [0.3, 0.4) is 0 Å². The summed E-state index contributed by atoms with van der Waals surface area (Å²) in [5, 5.41) is 18.2. The Balaban J connectivity index is 0.00000116. The third kappa shape index (κ3) is 3.37. The normalized spacial score (nSPS) is 10.5. The second-order valence-corrected chi connectivity index (χ2v) is 3.58. The molecule has 118 valence electrons. The molecule has 0 radical (unpaired) electrons. The largest absolute Gasteiger partial charge is 0.476 e. The molecule has 2 rings (SSSR count). The Morgan fingerprint density at radius 3 is 2.45 bits per heavy atom. The summed E-state index contributed by atoms with van der Waals surface area (Å²) in [6.45, 7) is 2.00. The first-order valence-electron chi connectivity index (χ1n) is 5.43. The van der Waals surface area contributed by atoms with Crippen LogP contribution in [0.1, 0.15) is 16.1 Å². The van der Waals surface area contributed by atoms with E-state index in [1.165, 1.54) is 7.05 Å². The van der Waals surface area contributed by atoms with Gasteiger partial charge in [-0.25, -0.2) is 9.78 Å². The van der Waals surface area contributed by atoms with Crippen molar-refractivity contribution in [2.75, 3.05) is 12.4 Å². The molecule has 0 aliphatic carbocycles. The van der Waals surface area contributed by atoms with Gasteiger partial charge >= 0.3 is 12.1 Å². The van der Waals surface area contributed by atoms with E-state index >= 15 is 0 Å². The lowest BCUT2D eigenvalue weighted by Gasteiger charge is -2.13. The van der Waals surface area contributed by atoms with Gasteiger partial charge in [-0.15, -0.1) is 10.2 Å². The van der Waals surface area contributed by atoms with Crippen molar-refractivity contribution in [3.63, 3.8) is 0 Å². The van der Waals surface area contributed by atoms with Crippen molar-refractivity contribution in [2.24, 2.45) is 0 Å². The molecule has 22 heavy (non-hydrogen) atoms. The van der Waals surface area contributed by atoms with Crippen molar-refractivity contribution in [3.05, 3.63) is 23.7 Å². The summed E-state index contributed by atoms with van der Waals surface area (Å²) in [7, 11) is 1.36. The monoisotopic (exact) mass is 318 g/mol. The van der Waals surface area contributed by atoms with E-state index in [1.54, 1.807) is 0 Å². The molecule has 11 heteroatoms. The van der Waals surface area contributed by atoms with Gasteiger partial charge in [0.1, 0.15) is 6.79 Å². The number of anilines is 1. The van der Waals surface area contributed by atoms with Crippen LogP contribution in [0.25, 0.3) is 11.6 Å². The zero-order chi connectivity index (χ0) is 16.9. The van der Waals surface area contributed by atoms with Crippen molar-refractivity contribution in [3.8, 4) is 11.6 Å². The summed E-state index contributed by atoms with van der Waals surface area (Å²) < 4.78 is 43.3. The number of nitrogens with one attached hydrogen (secondary N) is 1. The average molecular weight is 318 g/mol. The third-order valence-corrected chi connectivity index (χ3v) is 2.36. The van der Waals surface area contributed by atoms with E-state index in [0.29, 0.717) is 6.07 Å². The van der Waals surface area contributed by atoms with E-state index in [-0.39, 0.29) is 17.3 Å². The van der Waals surface area contributed by atoms with Crippen LogP contribution in [-0.4, -0.2) is 40.1 Å². The quantitative estimate of drug-likeness (QED) is 0.878. The summed E-state index contributed by atoms with van der Waals surface area (Å²) in [5.41, 5.74) is -2.75. The van der Waals surface area contributed by atoms with E-state index in [0.717, 1.165) is 6.39 Å². The molecule has 0 aliphatic heterocycles. The number of nitrogens with zero attached hydrogens (tertiary/aromatic N) is 3. The maximum Gasteiger partial charge on any atom is 0.418 e. The van der Waals surface area contributed by atoms with Crippen LogP contribution in [0.15, 0.2) is 16.9 Å². The number of alkyl halides is 3. The Hall–Kier alpha value is -2.98. The fraction of sp³-hybridized carbons (Fsp3) is 0.182. The van der Waals surface area contributed by atoms with Gasteiger partial charge < -0.3 is 19.6 Å². The minimum atomic E-state index is -4.85. The van der Waals surface area contributed by atoms with Crippen molar-refractivity contribution >= 4 is 18.4 Å². The van der Waals surface area contributed by atoms with Crippen LogP contribution in [0.5, 0.6) is 0 Å². The molecule has 0 spiro atoms. The molecule has 8 nitrogen and oxygen atoms in total. The zero-order valence-corrected chi connectivity index (χ0v) is 11.0. The predicted molar refractivity (Wildman–Crippen MR) is 66.2 cm³/mol. The molecule has 0 aliphatic rings. The molecule has 0 saturated carbocycles. The van der Waals surface area contributed by atoms with E-state index < -0.39 is 23.4 Å². The first kappa shape index (κ1) is 17.1. The number of hydrogen-bond acceptors (Lipinski definition) is 7. The number of hydrogen-bond donors (Lipinski definition) is 2. The third-order valence-electron chi connectivity index (χ3n) is 2.36. The van der Waals surface area contributed by atoms with E-state index in [9.17, 15) is 18.0 Å². The van der Waals surface area contributed by atoms with E-state index in [1.807, 2.05) is 6.79 Å². The highest BCUT2D eigenvalue weighted by Crippen LogP contribution is 2.36. The Morgan fingerprint density at radius 1 is 1.41 bits per heavy atom. The molecule has 0 amide bonds. The summed E-state index contributed by atoms with van der Waals surface area (Å²) in [6.07, 6.45) is -3.89. The van der Waals surface area contributed by atoms with Crippen molar-refractivity contribution < 1.29 is 32.3 Å². The van der Waals surface area contributed by atoms with Crippen LogP contribution >= 0.6 is 0 Å². The van der Waals surface area contributed by atoms with Crippen LogP contribution < -0.4 is 5.32 Å². The van der Waals surface area contributed by atoms with Gasteiger partial charge in [-0.3, -0.25) is 0 Å². The first-order valence-corrected chi connectivity index (χ1v) is 5.43. The first-order chi connectivity index (χ1) is 10.3. The maximum atomic E-state index is 12.8. The summed E-state index contributed by atoms with van der Waals surface area (Å²) >= 11 is 0. The Kier molecular flexibility index (Phi) is 5.16. The lowest BCUT2D eigenvalue weighted by atomic mass is 10.1. The van der Waals surface area contributed by atoms with Gasteiger partial charge in [-0.05, 0) is 6.07 Å². The fourth-order valence-corrected chi connectivity index (χ4v) is 1.52. The van der Waals surface area contributed by atoms with Gasteiger partial charge in [0.25, 0.3) is 5.89 Å². The molecule has 2 N–H and O–H groups in total. The molecule has 0 atom stereocenters. The maximum absolute atomic E-state index is 12.8. The highest BCUT2D eigenvalue weighted by atomic mass is 19.4. The minimum absolute atomic E-state index is 0.0772. The smallest absolute Gasteiger partial charge is 0.418 e. The molecule has 2 aromatic heterocycles. The van der Waals surface area contributed by atoms with Gasteiger partial charge in [-0.1, -0.05) is 0 Å². The number of pyridine rings is 1. The summed E-state index contributed by atoms with van der Waals surface area (Å²) in [6, 6.07) is 0.635. The Bertz CT molecular complexity index is 658. The van der Waals surface area contributed by atoms with Crippen LogP contribution in [0.4, 0.5) is 18.9 Å². The molecule has 2 heterocycles. The predicted octanol–water partition coefficient (Wildman–Crippen LogP) is 1.71. The number of carbonyl (C=O) groups excluding carboxylic acids is 1. The zero-order valence-electron chi connectivity index (χ0n) is 11.0. The standard InChI is InChI=1S/C10H7F3N4O3.CH2O/c1-14-5-2-4(10(11,12)13)6(9(18)19)16-7(5)8-17-15-3-20-8;1-2/h2-3,14H,1H3,(H,18,19);1H2. The number of aromatic carboxylic acids is 1. The summed E-state index contributed by atoms with van der Waals surface area (Å²) in [5.74, 6) is -1.99. The lowest BCUT2D eigenvalue weighted by molar-refractivity contribution is -0.138.